The Hall–Kier alpha value is -2.88. The quantitative estimate of drug-likeness (QED) is 0.725. The summed E-state index contributed by atoms with van der Waals surface area (Å²) in [7, 11) is 1.92. The highest BCUT2D eigenvalue weighted by Crippen LogP contribution is 2.29. The summed E-state index contributed by atoms with van der Waals surface area (Å²) in [5, 5.41) is 7.44. The van der Waals surface area contributed by atoms with Gasteiger partial charge in [-0.2, -0.15) is 9.89 Å². The second-order valence-corrected chi connectivity index (χ2v) is 5.54. The van der Waals surface area contributed by atoms with Crippen LogP contribution in [0.5, 0.6) is 0 Å². The Morgan fingerprint density at radius 2 is 1.82 bits per heavy atom. The zero-order valence-electron chi connectivity index (χ0n) is 12.4. The molecule has 0 saturated heterocycles. The lowest BCUT2D eigenvalue weighted by molar-refractivity contribution is 0.103. The molecule has 0 fully saturated rings. The normalized spacial score (nSPS) is 12.9. The van der Waals surface area contributed by atoms with Gasteiger partial charge in [0.05, 0.1) is 11.2 Å². The topological polar surface area (TPSA) is 38.1 Å². The lowest BCUT2D eigenvalue weighted by Gasteiger charge is -2.21. The van der Waals surface area contributed by atoms with Gasteiger partial charge in [-0.3, -0.25) is 9.80 Å². The average molecular weight is 289 g/mol. The molecule has 3 aromatic rings. The Labute approximate surface area is 128 Å². The second-order valence-electron chi connectivity index (χ2n) is 5.54. The molecule has 22 heavy (non-hydrogen) atoms. The Balaban J connectivity index is 1.93. The number of hydrogen-bond acceptors (Lipinski definition) is 3. The van der Waals surface area contributed by atoms with Gasteiger partial charge in [-0.25, -0.2) is 0 Å². The number of anilines is 1. The molecule has 0 atom stereocenters. The maximum Gasteiger partial charge on any atom is 0.206 e. The molecule has 4 rings (SSSR count). The molecular formula is C18H15N3O. The summed E-state index contributed by atoms with van der Waals surface area (Å²) in [6.45, 7) is 2.05. The number of benzene rings is 2. The molecule has 1 heterocycles. The Morgan fingerprint density at radius 3 is 2.59 bits per heavy atom. The van der Waals surface area contributed by atoms with Crippen molar-refractivity contribution in [3.05, 3.63) is 65.4 Å². The molecule has 4 heteroatoms. The number of carbonyl (C=O) groups excluding carboxylic acids is 1. The van der Waals surface area contributed by atoms with E-state index in [9.17, 15) is 4.79 Å². The van der Waals surface area contributed by atoms with Crippen LogP contribution >= 0.6 is 0 Å². The Bertz CT molecular complexity index is 919. The van der Waals surface area contributed by atoms with E-state index in [1.165, 1.54) is 5.56 Å². The number of aromatic nitrogens is 2. The maximum atomic E-state index is 12.4. The predicted octanol–water partition coefficient (Wildman–Crippen LogP) is 3.45. The van der Waals surface area contributed by atoms with Crippen LogP contribution in [0, 0.1) is 6.92 Å². The van der Waals surface area contributed by atoms with Crippen molar-refractivity contribution in [1.82, 2.24) is 9.89 Å². The van der Waals surface area contributed by atoms with Crippen LogP contribution in [0.1, 0.15) is 21.6 Å². The second kappa shape index (κ2) is 4.56. The van der Waals surface area contributed by atoms with E-state index in [4.69, 9.17) is 0 Å². The summed E-state index contributed by atoms with van der Waals surface area (Å²) in [6, 6.07) is 14.1. The molecule has 0 saturated carbocycles. The molecule has 1 aliphatic rings. The van der Waals surface area contributed by atoms with Crippen LogP contribution in [-0.4, -0.2) is 22.7 Å². The molecule has 0 amide bonds. The summed E-state index contributed by atoms with van der Waals surface area (Å²) >= 11 is 0. The van der Waals surface area contributed by atoms with E-state index >= 15 is 0 Å². The smallest absolute Gasteiger partial charge is 0.206 e. The first-order valence-corrected chi connectivity index (χ1v) is 7.20. The van der Waals surface area contributed by atoms with Crippen LogP contribution < -0.4 is 5.01 Å². The molecule has 0 bridgehead atoms. The largest absolute Gasteiger partial charge is 0.287 e. The lowest BCUT2D eigenvalue weighted by atomic mass is 10.0. The van der Waals surface area contributed by atoms with Gasteiger partial charge in [0.25, 0.3) is 0 Å². The number of hydrogen-bond donors (Lipinski definition) is 0. The Kier molecular flexibility index (Phi) is 2.66. The van der Waals surface area contributed by atoms with Gasteiger partial charge in [-0.1, -0.05) is 35.9 Å². The summed E-state index contributed by atoms with van der Waals surface area (Å²) in [5.41, 5.74) is 4.68. The van der Waals surface area contributed by atoms with E-state index in [0.717, 1.165) is 22.2 Å². The first kappa shape index (κ1) is 12.8. The van der Waals surface area contributed by atoms with Crippen LogP contribution in [0.3, 0.4) is 0 Å². The van der Waals surface area contributed by atoms with Gasteiger partial charge in [0.15, 0.2) is 0 Å². The van der Waals surface area contributed by atoms with Crippen molar-refractivity contribution in [1.29, 1.82) is 0 Å². The molecule has 1 aromatic heterocycles. The van der Waals surface area contributed by atoms with Gasteiger partial charge in [-0.15, -0.1) is 0 Å². The summed E-state index contributed by atoms with van der Waals surface area (Å²) < 4.78 is 0. The van der Waals surface area contributed by atoms with Gasteiger partial charge in [0, 0.05) is 12.4 Å². The molecule has 0 radical (unpaired) electrons. The molecule has 0 spiro atoms. The third-order valence-corrected chi connectivity index (χ3v) is 4.05. The summed E-state index contributed by atoms with van der Waals surface area (Å²) in [5.74, 6) is -0.0137. The highest BCUT2D eigenvalue weighted by molar-refractivity contribution is 6.18. The molecule has 0 N–H and O–H groups in total. The number of carbonyl (C=O) groups is 1. The first-order chi connectivity index (χ1) is 10.6. The van der Waals surface area contributed by atoms with Gasteiger partial charge in [0.2, 0.25) is 5.78 Å². The molecule has 4 nitrogen and oxygen atoms in total. The van der Waals surface area contributed by atoms with Crippen molar-refractivity contribution in [3.8, 4) is 0 Å². The fourth-order valence-electron chi connectivity index (χ4n) is 2.84. The highest BCUT2D eigenvalue weighted by atomic mass is 16.1. The third kappa shape index (κ3) is 1.77. The SMILES string of the molecule is Cc1ccc(N(C)n2nc3cccc4c3c2C(=O)C=C4)cc1. The predicted molar refractivity (Wildman–Crippen MR) is 88.1 cm³/mol. The van der Waals surface area contributed by atoms with Gasteiger partial charge in [-0.05, 0) is 36.8 Å². The summed E-state index contributed by atoms with van der Waals surface area (Å²) in [4.78, 5) is 14.1. The number of aryl methyl sites for hydroxylation is 1. The van der Waals surface area contributed by atoms with E-state index in [1.54, 1.807) is 10.9 Å². The number of rotatable bonds is 2. The minimum absolute atomic E-state index is 0.0137. The van der Waals surface area contributed by atoms with E-state index < -0.39 is 0 Å². The van der Waals surface area contributed by atoms with Crippen molar-refractivity contribution in [3.63, 3.8) is 0 Å². The minimum Gasteiger partial charge on any atom is -0.287 e. The molecule has 1 aliphatic carbocycles. The van der Waals surface area contributed by atoms with Crippen molar-refractivity contribution in [2.24, 2.45) is 0 Å². The van der Waals surface area contributed by atoms with Crippen LogP contribution in [0.4, 0.5) is 5.69 Å². The average Bonchev–Trinajstić information content (AvgIpc) is 2.92. The molecule has 2 aromatic carbocycles. The fraction of sp³-hybridized carbons (Fsp3) is 0.111. The number of allylic oxidation sites excluding steroid dienone is 1. The van der Waals surface area contributed by atoms with E-state index in [1.807, 2.05) is 60.6 Å². The van der Waals surface area contributed by atoms with E-state index in [2.05, 4.69) is 12.0 Å². The van der Waals surface area contributed by atoms with Crippen molar-refractivity contribution in [2.75, 3.05) is 12.1 Å². The highest BCUT2D eigenvalue weighted by Gasteiger charge is 2.24. The molecule has 0 aliphatic heterocycles. The van der Waals surface area contributed by atoms with Crippen LogP contribution in [0.2, 0.25) is 0 Å². The van der Waals surface area contributed by atoms with Crippen LogP contribution in [0.25, 0.3) is 17.0 Å². The lowest BCUT2D eigenvalue weighted by Crippen LogP contribution is -2.29. The van der Waals surface area contributed by atoms with Gasteiger partial charge < -0.3 is 0 Å². The molecular weight excluding hydrogens is 274 g/mol. The van der Waals surface area contributed by atoms with Crippen molar-refractivity contribution >= 4 is 28.4 Å². The maximum absolute atomic E-state index is 12.4. The monoisotopic (exact) mass is 289 g/mol. The van der Waals surface area contributed by atoms with Crippen LogP contribution in [-0.2, 0) is 0 Å². The van der Waals surface area contributed by atoms with Crippen molar-refractivity contribution in [2.45, 2.75) is 6.92 Å². The van der Waals surface area contributed by atoms with Crippen molar-refractivity contribution < 1.29 is 4.79 Å². The van der Waals surface area contributed by atoms with Gasteiger partial charge >= 0.3 is 0 Å². The fourth-order valence-corrected chi connectivity index (χ4v) is 2.84. The zero-order chi connectivity index (χ0) is 15.3. The zero-order valence-corrected chi connectivity index (χ0v) is 12.4. The number of nitrogens with zero attached hydrogens (tertiary/aromatic N) is 3. The summed E-state index contributed by atoms with van der Waals surface area (Å²) in [6.07, 6.45) is 3.47. The Morgan fingerprint density at radius 1 is 1.05 bits per heavy atom. The third-order valence-electron chi connectivity index (χ3n) is 4.05. The minimum atomic E-state index is -0.0137. The van der Waals surface area contributed by atoms with E-state index in [0.29, 0.717) is 5.69 Å². The van der Waals surface area contributed by atoms with E-state index in [-0.39, 0.29) is 5.78 Å². The first-order valence-electron chi connectivity index (χ1n) is 7.20. The number of ketones is 1. The molecule has 108 valence electrons. The molecule has 0 unspecified atom stereocenters. The standard InChI is InChI=1S/C18H15N3O/c1-12-6-9-14(10-7-12)20(2)21-18-16(22)11-8-13-4-3-5-15(19-21)17(13)18/h3-11H,1-2H3. The van der Waals surface area contributed by atoms with Gasteiger partial charge in [0.1, 0.15) is 5.69 Å². The van der Waals surface area contributed by atoms with Crippen LogP contribution in [0.15, 0.2) is 48.5 Å².